The molecular formula is C20H22O3S. The number of sulfone groups is 1. The average Bonchev–Trinajstić information content (AvgIpc) is 2.63. The minimum atomic E-state index is -3.58. The lowest BCUT2D eigenvalue weighted by Crippen LogP contribution is -2.23. The first kappa shape index (κ1) is 16.8. The Kier molecular flexibility index (Phi) is 5.05. The molecular weight excluding hydrogens is 320 g/mol. The van der Waals surface area contributed by atoms with Crippen LogP contribution in [0.4, 0.5) is 0 Å². The van der Waals surface area contributed by atoms with Crippen LogP contribution in [-0.4, -0.2) is 15.0 Å². The zero-order chi connectivity index (χ0) is 17.0. The van der Waals surface area contributed by atoms with E-state index in [0.717, 1.165) is 24.8 Å². The van der Waals surface area contributed by atoms with Crippen molar-refractivity contribution in [1.82, 2.24) is 0 Å². The Balaban J connectivity index is 2.20. The van der Waals surface area contributed by atoms with E-state index in [1.54, 1.807) is 24.3 Å². The number of hydrogen-bond acceptors (Lipinski definition) is 3. The summed E-state index contributed by atoms with van der Waals surface area (Å²) < 4.78 is 32.5. The molecule has 0 amide bonds. The van der Waals surface area contributed by atoms with Gasteiger partial charge in [0.2, 0.25) is 9.84 Å². The van der Waals surface area contributed by atoms with Crippen LogP contribution in [0.5, 0.6) is 0 Å². The van der Waals surface area contributed by atoms with Gasteiger partial charge in [0.15, 0.2) is 0 Å². The van der Waals surface area contributed by atoms with Crippen LogP contribution in [0.25, 0.3) is 5.76 Å². The molecule has 0 radical (unpaired) electrons. The van der Waals surface area contributed by atoms with Gasteiger partial charge < -0.3 is 4.74 Å². The standard InChI is InChI=1S/C20H22O3S/c1-2-9-17-14-15-23-19(16-10-5-3-6-11-16)20(17)24(21,22)18-12-7-4-8-13-18/h3-8,10-13,17H,2,9,14-15H2,1H3/t17-/m1/s1. The highest BCUT2D eigenvalue weighted by Crippen LogP contribution is 2.40. The van der Waals surface area contributed by atoms with E-state index in [9.17, 15) is 8.42 Å². The van der Waals surface area contributed by atoms with Gasteiger partial charge in [-0.25, -0.2) is 8.42 Å². The Labute approximate surface area is 143 Å². The maximum absolute atomic E-state index is 13.3. The molecule has 0 aromatic heterocycles. The molecule has 1 aliphatic heterocycles. The number of ether oxygens (including phenoxy) is 1. The van der Waals surface area contributed by atoms with E-state index in [2.05, 4.69) is 6.92 Å². The molecule has 0 unspecified atom stereocenters. The van der Waals surface area contributed by atoms with Crippen LogP contribution in [0.15, 0.2) is 70.5 Å². The highest BCUT2D eigenvalue weighted by atomic mass is 32.2. The van der Waals surface area contributed by atoms with Crippen molar-refractivity contribution in [2.45, 2.75) is 31.1 Å². The molecule has 0 bridgehead atoms. The van der Waals surface area contributed by atoms with E-state index < -0.39 is 9.84 Å². The second-order valence-corrected chi connectivity index (χ2v) is 7.92. The zero-order valence-electron chi connectivity index (χ0n) is 13.8. The predicted octanol–water partition coefficient (Wildman–Crippen LogP) is 4.67. The fourth-order valence-electron chi connectivity index (χ4n) is 3.20. The van der Waals surface area contributed by atoms with Gasteiger partial charge in [-0.3, -0.25) is 0 Å². The number of allylic oxidation sites excluding steroid dienone is 1. The van der Waals surface area contributed by atoms with Gasteiger partial charge in [0.05, 0.1) is 16.4 Å². The SMILES string of the molecule is CCC[C@@H]1CCOC(c2ccccc2)=C1S(=O)(=O)c1ccccc1. The molecule has 0 saturated carbocycles. The van der Waals surface area contributed by atoms with Crippen molar-refractivity contribution in [1.29, 1.82) is 0 Å². The van der Waals surface area contributed by atoms with Crippen molar-refractivity contribution < 1.29 is 13.2 Å². The van der Waals surface area contributed by atoms with Crippen LogP contribution < -0.4 is 0 Å². The molecule has 126 valence electrons. The van der Waals surface area contributed by atoms with Gasteiger partial charge in [-0.05, 0) is 25.0 Å². The fraction of sp³-hybridized carbons (Fsp3) is 0.300. The van der Waals surface area contributed by atoms with Gasteiger partial charge in [0, 0.05) is 11.5 Å². The molecule has 1 aliphatic rings. The fourth-order valence-corrected chi connectivity index (χ4v) is 5.06. The lowest BCUT2D eigenvalue weighted by molar-refractivity contribution is 0.227. The van der Waals surface area contributed by atoms with Gasteiger partial charge in [0.1, 0.15) is 5.76 Å². The van der Waals surface area contributed by atoms with Crippen LogP contribution in [0.3, 0.4) is 0 Å². The molecule has 2 aromatic carbocycles. The Hall–Kier alpha value is -2.07. The Bertz CT molecular complexity index is 808. The van der Waals surface area contributed by atoms with Crippen LogP contribution in [0, 0.1) is 5.92 Å². The molecule has 4 heteroatoms. The summed E-state index contributed by atoms with van der Waals surface area (Å²) in [5, 5.41) is 0. The first-order chi connectivity index (χ1) is 11.6. The largest absolute Gasteiger partial charge is 0.492 e. The first-order valence-electron chi connectivity index (χ1n) is 8.37. The van der Waals surface area contributed by atoms with E-state index in [1.165, 1.54) is 0 Å². The minimum absolute atomic E-state index is 0.00385. The Morgan fingerprint density at radius 3 is 2.25 bits per heavy atom. The summed E-state index contributed by atoms with van der Waals surface area (Å²) in [4.78, 5) is 0.771. The lowest BCUT2D eigenvalue weighted by Gasteiger charge is -2.28. The van der Waals surface area contributed by atoms with Crippen LogP contribution in [-0.2, 0) is 14.6 Å². The van der Waals surface area contributed by atoms with Gasteiger partial charge in [-0.2, -0.15) is 0 Å². The van der Waals surface area contributed by atoms with E-state index in [0.29, 0.717) is 22.2 Å². The van der Waals surface area contributed by atoms with E-state index in [-0.39, 0.29) is 5.92 Å². The molecule has 0 aliphatic carbocycles. The maximum Gasteiger partial charge on any atom is 0.206 e. The number of hydrogen-bond donors (Lipinski definition) is 0. The summed E-state index contributed by atoms with van der Waals surface area (Å²) in [5.74, 6) is 0.522. The summed E-state index contributed by atoms with van der Waals surface area (Å²) in [6.45, 7) is 2.65. The molecule has 0 saturated heterocycles. The van der Waals surface area contributed by atoms with Crippen molar-refractivity contribution in [3.8, 4) is 0 Å². The third-order valence-electron chi connectivity index (χ3n) is 4.32. The van der Waals surface area contributed by atoms with E-state index >= 15 is 0 Å². The number of rotatable bonds is 5. The van der Waals surface area contributed by atoms with Crippen LogP contribution in [0.2, 0.25) is 0 Å². The molecule has 24 heavy (non-hydrogen) atoms. The smallest absolute Gasteiger partial charge is 0.206 e. The molecule has 1 atom stereocenters. The highest BCUT2D eigenvalue weighted by Gasteiger charge is 2.35. The summed E-state index contributed by atoms with van der Waals surface area (Å²) >= 11 is 0. The van der Waals surface area contributed by atoms with Crippen molar-refractivity contribution >= 4 is 15.6 Å². The highest BCUT2D eigenvalue weighted by molar-refractivity contribution is 7.95. The molecule has 3 rings (SSSR count). The second kappa shape index (κ2) is 7.22. The van der Waals surface area contributed by atoms with E-state index in [4.69, 9.17) is 4.74 Å². The molecule has 0 fully saturated rings. The normalized spacial score (nSPS) is 18.3. The Morgan fingerprint density at radius 1 is 1.00 bits per heavy atom. The molecule has 0 spiro atoms. The molecule has 3 nitrogen and oxygen atoms in total. The third kappa shape index (κ3) is 3.24. The summed E-state index contributed by atoms with van der Waals surface area (Å²) in [5.41, 5.74) is 0.827. The third-order valence-corrected chi connectivity index (χ3v) is 6.31. The second-order valence-electron chi connectivity index (χ2n) is 6.00. The lowest BCUT2D eigenvalue weighted by atomic mass is 9.95. The quantitative estimate of drug-likeness (QED) is 0.793. The van der Waals surface area contributed by atoms with Gasteiger partial charge in [-0.15, -0.1) is 0 Å². The van der Waals surface area contributed by atoms with Gasteiger partial charge in [-0.1, -0.05) is 61.9 Å². The summed E-state index contributed by atoms with van der Waals surface area (Å²) in [6.07, 6.45) is 2.53. The van der Waals surface area contributed by atoms with Crippen molar-refractivity contribution in [3.05, 3.63) is 71.1 Å². The molecule has 2 aromatic rings. The maximum atomic E-state index is 13.3. The van der Waals surface area contributed by atoms with Crippen LogP contribution >= 0.6 is 0 Å². The van der Waals surface area contributed by atoms with Gasteiger partial charge in [0.25, 0.3) is 0 Å². The Morgan fingerprint density at radius 2 is 1.62 bits per heavy atom. The topological polar surface area (TPSA) is 43.4 Å². The predicted molar refractivity (Wildman–Crippen MR) is 96.0 cm³/mol. The molecule has 0 N–H and O–H groups in total. The van der Waals surface area contributed by atoms with Crippen molar-refractivity contribution in [2.24, 2.45) is 5.92 Å². The summed E-state index contributed by atoms with van der Waals surface area (Å²) in [6, 6.07) is 18.2. The van der Waals surface area contributed by atoms with Crippen molar-refractivity contribution in [2.75, 3.05) is 6.61 Å². The van der Waals surface area contributed by atoms with Crippen LogP contribution in [0.1, 0.15) is 31.7 Å². The molecule has 1 heterocycles. The monoisotopic (exact) mass is 342 g/mol. The summed E-state index contributed by atoms with van der Waals surface area (Å²) in [7, 11) is -3.58. The van der Waals surface area contributed by atoms with Gasteiger partial charge >= 0.3 is 0 Å². The average molecular weight is 342 g/mol. The van der Waals surface area contributed by atoms with E-state index in [1.807, 2.05) is 36.4 Å². The van der Waals surface area contributed by atoms with Crippen molar-refractivity contribution in [3.63, 3.8) is 0 Å². The minimum Gasteiger partial charge on any atom is -0.492 e. The number of benzene rings is 2. The zero-order valence-corrected chi connectivity index (χ0v) is 14.6. The first-order valence-corrected chi connectivity index (χ1v) is 9.85.